The summed E-state index contributed by atoms with van der Waals surface area (Å²) < 4.78 is 48.4. The van der Waals surface area contributed by atoms with Crippen molar-refractivity contribution in [2.75, 3.05) is 0 Å². The maximum Gasteiger partial charge on any atom is 0.573 e. The zero-order valence-electron chi connectivity index (χ0n) is 15.8. The molecule has 2 heterocycles. The minimum atomic E-state index is -4.81. The highest BCUT2D eigenvalue weighted by molar-refractivity contribution is 5.86. The third kappa shape index (κ3) is 4.63. The highest BCUT2D eigenvalue weighted by Crippen LogP contribution is 2.34. The van der Waals surface area contributed by atoms with Crippen LogP contribution in [-0.2, 0) is 6.54 Å². The molecule has 0 aliphatic heterocycles. The van der Waals surface area contributed by atoms with E-state index >= 15 is 0 Å². The Hall–Kier alpha value is -3.54. The summed E-state index contributed by atoms with van der Waals surface area (Å²) in [5, 5.41) is 25.6. The van der Waals surface area contributed by atoms with E-state index in [1.165, 1.54) is 23.0 Å². The van der Waals surface area contributed by atoms with Crippen molar-refractivity contribution in [3.05, 3.63) is 42.2 Å². The van der Waals surface area contributed by atoms with Gasteiger partial charge in [0, 0.05) is 19.0 Å². The van der Waals surface area contributed by atoms with E-state index in [9.17, 15) is 23.1 Å². The molecule has 12 heteroatoms. The SMILES string of the molecule is O=C(O)NCc1nn(-c2ccc(OC(F)(F)F)cc2)c2nccc(O[C@H]3C[C@H](O)C3)c12. The predicted molar refractivity (Wildman–Crippen MR) is 100 cm³/mol. The van der Waals surface area contributed by atoms with Crippen LogP contribution in [0.2, 0.25) is 0 Å². The Labute approximate surface area is 173 Å². The number of ether oxygens (including phenoxy) is 2. The Morgan fingerprint density at radius 1 is 1.23 bits per heavy atom. The molecule has 2 aromatic heterocycles. The van der Waals surface area contributed by atoms with E-state index in [1.807, 2.05) is 0 Å². The summed E-state index contributed by atoms with van der Waals surface area (Å²) in [4.78, 5) is 15.3. The van der Waals surface area contributed by atoms with Gasteiger partial charge in [0.15, 0.2) is 5.65 Å². The molecule has 1 fully saturated rings. The van der Waals surface area contributed by atoms with Crippen LogP contribution in [0.4, 0.5) is 18.0 Å². The van der Waals surface area contributed by atoms with E-state index in [0.717, 1.165) is 12.1 Å². The number of rotatable bonds is 6. The first-order chi connectivity index (χ1) is 14.7. The lowest BCUT2D eigenvalue weighted by Crippen LogP contribution is -2.37. The van der Waals surface area contributed by atoms with Crippen molar-refractivity contribution in [1.82, 2.24) is 20.1 Å². The van der Waals surface area contributed by atoms with Crippen LogP contribution in [0, 0.1) is 0 Å². The van der Waals surface area contributed by atoms with E-state index in [4.69, 9.17) is 9.84 Å². The number of carbonyl (C=O) groups is 1. The minimum absolute atomic E-state index is 0.135. The number of nitrogens with one attached hydrogen (secondary N) is 1. The molecule has 1 aromatic carbocycles. The lowest BCUT2D eigenvalue weighted by molar-refractivity contribution is -0.274. The zero-order chi connectivity index (χ0) is 22.2. The fourth-order valence-corrected chi connectivity index (χ4v) is 3.25. The topological polar surface area (TPSA) is 119 Å². The number of nitrogens with zero attached hydrogens (tertiary/aromatic N) is 3. The second-order valence-electron chi connectivity index (χ2n) is 6.93. The van der Waals surface area contributed by atoms with E-state index in [0.29, 0.717) is 41.0 Å². The molecule has 0 atom stereocenters. The number of aliphatic hydroxyl groups is 1. The number of benzene rings is 1. The molecule has 1 aliphatic carbocycles. The fraction of sp³-hybridized carbons (Fsp3) is 0.316. The minimum Gasteiger partial charge on any atom is -0.489 e. The van der Waals surface area contributed by atoms with Gasteiger partial charge in [-0.15, -0.1) is 13.2 Å². The predicted octanol–water partition coefficient (Wildman–Crippen LogP) is 2.99. The first-order valence-electron chi connectivity index (χ1n) is 9.24. The number of amides is 1. The summed E-state index contributed by atoms with van der Waals surface area (Å²) in [6.07, 6.45) is -4.23. The van der Waals surface area contributed by atoms with Gasteiger partial charge in [0.2, 0.25) is 0 Å². The van der Waals surface area contributed by atoms with Gasteiger partial charge >= 0.3 is 12.5 Å². The van der Waals surface area contributed by atoms with E-state index in [-0.39, 0.29) is 18.4 Å². The molecule has 3 aromatic rings. The van der Waals surface area contributed by atoms with Gasteiger partial charge in [-0.2, -0.15) is 5.10 Å². The molecule has 1 aliphatic rings. The van der Waals surface area contributed by atoms with Crippen LogP contribution < -0.4 is 14.8 Å². The molecular weight excluding hydrogens is 421 g/mol. The Morgan fingerprint density at radius 2 is 1.94 bits per heavy atom. The number of hydrogen-bond acceptors (Lipinski definition) is 6. The first-order valence-corrected chi connectivity index (χ1v) is 9.24. The largest absolute Gasteiger partial charge is 0.573 e. The van der Waals surface area contributed by atoms with Crippen LogP contribution >= 0.6 is 0 Å². The second-order valence-corrected chi connectivity index (χ2v) is 6.93. The molecule has 0 spiro atoms. The normalized spacial score (nSPS) is 18.5. The van der Waals surface area contributed by atoms with Gasteiger partial charge in [-0.1, -0.05) is 0 Å². The second kappa shape index (κ2) is 7.95. The molecule has 1 saturated carbocycles. The monoisotopic (exact) mass is 438 g/mol. The van der Waals surface area contributed by atoms with Crippen molar-refractivity contribution < 1.29 is 37.7 Å². The Balaban J connectivity index is 1.72. The number of pyridine rings is 1. The van der Waals surface area contributed by atoms with Crippen molar-refractivity contribution in [3.8, 4) is 17.2 Å². The average Bonchev–Trinajstić information content (AvgIpc) is 3.04. The molecular formula is C19H17F3N4O5. The molecule has 0 bridgehead atoms. The molecule has 1 amide bonds. The number of carboxylic acid groups (broad SMARTS) is 1. The van der Waals surface area contributed by atoms with Gasteiger partial charge in [-0.3, -0.25) is 0 Å². The van der Waals surface area contributed by atoms with Gasteiger partial charge in [0.05, 0.1) is 29.4 Å². The van der Waals surface area contributed by atoms with E-state index in [2.05, 4.69) is 20.1 Å². The molecule has 0 unspecified atom stereocenters. The maximum atomic E-state index is 12.4. The first kappa shape index (κ1) is 20.7. The number of aliphatic hydroxyl groups excluding tert-OH is 1. The average molecular weight is 438 g/mol. The standard InChI is InChI=1S/C19H17F3N4O5/c20-19(21,22)31-12-3-1-10(2-4-12)26-17-16(14(25-26)9-24-18(28)29)15(5-6-23-17)30-13-7-11(27)8-13/h1-6,11,13,24,27H,7-9H2,(H,28,29)/t11-,13-. The van der Waals surface area contributed by atoms with Crippen molar-refractivity contribution in [2.24, 2.45) is 0 Å². The molecule has 164 valence electrons. The Kier molecular flexibility index (Phi) is 5.31. The quantitative estimate of drug-likeness (QED) is 0.541. The van der Waals surface area contributed by atoms with Crippen LogP contribution in [0.1, 0.15) is 18.5 Å². The van der Waals surface area contributed by atoms with Crippen LogP contribution in [0.3, 0.4) is 0 Å². The number of halogens is 3. The third-order valence-electron chi connectivity index (χ3n) is 4.69. The third-order valence-corrected chi connectivity index (χ3v) is 4.69. The number of alkyl halides is 3. The molecule has 0 radical (unpaired) electrons. The van der Waals surface area contributed by atoms with Crippen LogP contribution in [0.5, 0.6) is 11.5 Å². The molecule has 4 rings (SSSR count). The van der Waals surface area contributed by atoms with Gasteiger partial charge in [-0.05, 0) is 30.3 Å². The zero-order valence-corrected chi connectivity index (χ0v) is 15.8. The van der Waals surface area contributed by atoms with Crippen molar-refractivity contribution >= 4 is 17.1 Å². The fourth-order valence-electron chi connectivity index (χ4n) is 3.25. The number of fused-ring (bicyclic) bond motifs is 1. The highest BCUT2D eigenvalue weighted by Gasteiger charge is 2.31. The Bertz CT molecular complexity index is 1090. The Morgan fingerprint density at radius 3 is 2.55 bits per heavy atom. The van der Waals surface area contributed by atoms with Crippen molar-refractivity contribution in [1.29, 1.82) is 0 Å². The van der Waals surface area contributed by atoms with Gasteiger partial charge in [-0.25, -0.2) is 14.5 Å². The summed E-state index contributed by atoms with van der Waals surface area (Å²) in [7, 11) is 0. The molecule has 0 saturated heterocycles. The molecule has 31 heavy (non-hydrogen) atoms. The summed E-state index contributed by atoms with van der Waals surface area (Å²) >= 11 is 0. The highest BCUT2D eigenvalue weighted by atomic mass is 19.4. The summed E-state index contributed by atoms with van der Waals surface area (Å²) in [5.74, 6) is 0.0355. The molecule has 9 nitrogen and oxygen atoms in total. The van der Waals surface area contributed by atoms with E-state index in [1.54, 1.807) is 6.07 Å². The number of aromatic nitrogens is 3. The summed E-state index contributed by atoms with van der Waals surface area (Å²) in [5.41, 5.74) is 1.06. The van der Waals surface area contributed by atoms with Crippen molar-refractivity contribution in [3.63, 3.8) is 0 Å². The number of hydrogen-bond donors (Lipinski definition) is 3. The van der Waals surface area contributed by atoms with E-state index < -0.39 is 18.6 Å². The lowest BCUT2D eigenvalue weighted by Gasteiger charge is -2.31. The molecule has 3 N–H and O–H groups in total. The van der Waals surface area contributed by atoms with Crippen LogP contribution in [0.25, 0.3) is 16.7 Å². The van der Waals surface area contributed by atoms with Gasteiger partial charge in [0.1, 0.15) is 17.6 Å². The van der Waals surface area contributed by atoms with Gasteiger partial charge in [0.25, 0.3) is 0 Å². The maximum absolute atomic E-state index is 12.4. The van der Waals surface area contributed by atoms with Crippen molar-refractivity contribution in [2.45, 2.75) is 38.0 Å². The van der Waals surface area contributed by atoms with Gasteiger partial charge < -0.3 is 25.0 Å². The summed E-state index contributed by atoms with van der Waals surface area (Å²) in [6.45, 7) is -0.135. The van der Waals surface area contributed by atoms with Crippen LogP contribution in [-0.4, -0.2) is 49.6 Å². The lowest BCUT2D eigenvalue weighted by atomic mass is 9.92. The van der Waals surface area contributed by atoms with Crippen LogP contribution in [0.15, 0.2) is 36.5 Å². The summed E-state index contributed by atoms with van der Waals surface area (Å²) in [6, 6.07) is 6.64. The smallest absolute Gasteiger partial charge is 0.489 e.